The van der Waals surface area contributed by atoms with Crippen LogP contribution in [0.5, 0.6) is 11.5 Å². The van der Waals surface area contributed by atoms with Gasteiger partial charge in [0, 0.05) is 23.9 Å². The van der Waals surface area contributed by atoms with E-state index in [0.717, 1.165) is 12.0 Å². The molecule has 0 saturated carbocycles. The van der Waals surface area contributed by atoms with Gasteiger partial charge in [-0.1, -0.05) is 37.3 Å². The van der Waals surface area contributed by atoms with Crippen LogP contribution in [0.25, 0.3) is 6.08 Å². The van der Waals surface area contributed by atoms with Crippen LogP contribution < -0.4 is 14.8 Å². The third-order valence-corrected chi connectivity index (χ3v) is 4.47. The number of para-hydroxylation sites is 2. The standard InChI is InChI=1S/C23H28N2O4/c1-5-16-25(17(2)23(27)24-19-11-7-6-8-12-19)21(26)15-14-18-10-9-13-20(28-3)22(18)29-4/h6-15,17H,5,16H2,1-4H3,(H,24,27)/b15-14-/t17-/m0/s1. The molecule has 0 heterocycles. The van der Waals surface area contributed by atoms with Crippen LogP contribution in [-0.4, -0.2) is 43.5 Å². The average molecular weight is 396 g/mol. The van der Waals surface area contributed by atoms with Gasteiger partial charge in [-0.2, -0.15) is 0 Å². The Balaban J connectivity index is 2.16. The number of ether oxygens (including phenoxy) is 2. The van der Waals surface area contributed by atoms with Crippen LogP contribution in [-0.2, 0) is 9.59 Å². The molecular weight excluding hydrogens is 368 g/mol. The summed E-state index contributed by atoms with van der Waals surface area (Å²) in [5, 5.41) is 2.85. The normalized spacial score (nSPS) is 11.7. The summed E-state index contributed by atoms with van der Waals surface area (Å²) in [7, 11) is 3.11. The lowest BCUT2D eigenvalue weighted by atomic mass is 10.1. The molecule has 0 saturated heterocycles. The molecule has 1 atom stereocenters. The van der Waals surface area contributed by atoms with E-state index in [1.54, 1.807) is 38.2 Å². The summed E-state index contributed by atoms with van der Waals surface area (Å²) in [6.07, 6.45) is 3.87. The molecule has 0 spiro atoms. The zero-order valence-electron chi connectivity index (χ0n) is 17.3. The predicted molar refractivity (Wildman–Crippen MR) is 115 cm³/mol. The quantitative estimate of drug-likeness (QED) is 0.651. The van der Waals surface area contributed by atoms with Crippen molar-refractivity contribution in [2.75, 3.05) is 26.1 Å². The molecule has 0 unspecified atom stereocenters. The number of carbonyl (C=O) groups excluding carboxylic acids is 2. The van der Waals surface area contributed by atoms with Gasteiger partial charge in [0.05, 0.1) is 14.2 Å². The van der Waals surface area contributed by atoms with Crippen molar-refractivity contribution in [3.63, 3.8) is 0 Å². The Hall–Kier alpha value is -3.28. The predicted octanol–water partition coefficient (Wildman–Crippen LogP) is 3.98. The Kier molecular flexibility index (Phi) is 8.27. The van der Waals surface area contributed by atoms with Gasteiger partial charge >= 0.3 is 0 Å². The maximum atomic E-state index is 12.8. The fraction of sp³-hybridized carbons (Fsp3) is 0.304. The second-order valence-electron chi connectivity index (χ2n) is 6.48. The average Bonchev–Trinajstić information content (AvgIpc) is 2.75. The Labute approximate surface area is 172 Å². The maximum absolute atomic E-state index is 12.8. The first-order valence-corrected chi connectivity index (χ1v) is 9.57. The second-order valence-corrected chi connectivity index (χ2v) is 6.48. The summed E-state index contributed by atoms with van der Waals surface area (Å²) < 4.78 is 10.7. The molecule has 2 aromatic rings. The molecule has 2 aromatic carbocycles. The largest absolute Gasteiger partial charge is 0.493 e. The van der Waals surface area contributed by atoms with E-state index in [0.29, 0.717) is 23.7 Å². The Bertz CT molecular complexity index is 849. The highest BCUT2D eigenvalue weighted by Gasteiger charge is 2.24. The molecule has 6 heteroatoms. The van der Waals surface area contributed by atoms with Crippen LogP contribution in [0.15, 0.2) is 54.6 Å². The molecule has 1 N–H and O–H groups in total. The van der Waals surface area contributed by atoms with Gasteiger partial charge in [0.25, 0.3) is 0 Å². The monoisotopic (exact) mass is 396 g/mol. The summed E-state index contributed by atoms with van der Waals surface area (Å²) >= 11 is 0. The first-order valence-electron chi connectivity index (χ1n) is 9.57. The molecular formula is C23H28N2O4. The number of hydrogen-bond acceptors (Lipinski definition) is 4. The summed E-state index contributed by atoms with van der Waals surface area (Å²) in [5.41, 5.74) is 1.42. The van der Waals surface area contributed by atoms with Crippen LogP contribution in [0.1, 0.15) is 25.8 Å². The zero-order valence-corrected chi connectivity index (χ0v) is 17.3. The van der Waals surface area contributed by atoms with Gasteiger partial charge in [0.2, 0.25) is 11.8 Å². The molecule has 2 amide bonds. The highest BCUT2D eigenvalue weighted by molar-refractivity contribution is 6.00. The van der Waals surface area contributed by atoms with E-state index in [1.807, 2.05) is 49.4 Å². The second kappa shape index (κ2) is 10.9. The van der Waals surface area contributed by atoms with Crippen LogP contribution in [0.4, 0.5) is 5.69 Å². The van der Waals surface area contributed by atoms with E-state index >= 15 is 0 Å². The summed E-state index contributed by atoms with van der Waals surface area (Å²) in [6, 6.07) is 14.0. The smallest absolute Gasteiger partial charge is 0.247 e. The molecule has 0 bridgehead atoms. The third-order valence-electron chi connectivity index (χ3n) is 4.47. The Morgan fingerprint density at radius 1 is 1.07 bits per heavy atom. The van der Waals surface area contributed by atoms with Crippen molar-refractivity contribution >= 4 is 23.6 Å². The molecule has 0 radical (unpaired) electrons. The number of nitrogens with zero attached hydrogens (tertiary/aromatic N) is 1. The Morgan fingerprint density at radius 3 is 2.41 bits per heavy atom. The SMILES string of the molecule is CCCN(C(=O)/C=C\c1cccc(OC)c1OC)[C@@H](C)C(=O)Nc1ccccc1. The number of benzene rings is 2. The number of anilines is 1. The number of hydrogen-bond donors (Lipinski definition) is 1. The van der Waals surface area contributed by atoms with Crippen molar-refractivity contribution in [1.29, 1.82) is 0 Å². The van der Waals surface area contributed by atoms with Crippen LogP contribution in [0, 0.1) is 0 Å². The lowest BCUT2D eigenvalue weighted by Gasteiger charge is -2.27. The number of rotatable bonds is 9. The van der Waals surface area contributed by atoms with Crippen molar-refractivity contribution in [1.82, 2.24) is 4.90 Å². The molecule has 0 aliphatic rings. The van der Waals surface area contributed by atoms with Gasteiger partial charge in [-0.3, -0.25) is 9.59 Å². The molecule has 6 nitrogen and oxygen atoms in total. The van der Waals surface area contributed by atoms with Crippen molar-refractivity contribution in [2.45, 2.75) is 26.3 Å². The summed E-state index contributed by atoms with van der Waals surface area (Å²) in [5.74, 6) is 0.664. The third kappa shape index (κ3) is 5.85. The number of nitrogens with one attached hydrogen (secondary N) is 1. The van der Waals surface area contributed by atoms with Gasteiger partial charge < -0.3 is 19.7 Å². The minimum Gasteiger partial charge on any atom is -0.493 e. The molecule has 0 aromatic heterocycles. The molecule has 154 valence electrons. The van der Waals surface area contributed by atoms with Gasteiger partial charge in [-0.25, -0.2) is 0 Å². The lowest BCUT2D eigenvalue weighted by molar-refractivity contribution is -0.134. The first-order chi connectivity index (χ1) is 14.0. The highest BCUT2D eigenvalue weighted by atomic mass is 16.5. The zero-order chi connectivity index (χ0) is 21.2. The minimum atomic E-state index is -0.612. The van der Waals surface area contributed by atoms with E-state index in [2.05, 4.69) is 5.32 Å². The van der Waals surface area contributed by atoms with Crippen molar-refractivity contribution < 1.29 is 19.1 Å². The van der Waals surface area contributed by atoms with Gasteiger partial charge in [0.1, 0.15) is 6.04 Å². The van der Waals surface area contributed by atoms with E-state index in [1.165, 1.54) is 6.08 Å². The van der Waals surface area contributed by atoms with Crippen molar-refractivity contribution in [3.8, 4) is 11.5 Å². The van der Waals surface area contributed by atoms with Crippen molar-refractivity contribution in [2.24, 2.45) is 0 Å². The van der Waals surface area contributed by atoms with E-state index in [-0.39, 0.29) is 11.8 Å². The fourth-order valence-corrected chi connectivity index (χ4v) is 2.95. The van der Waals surface area contributed by atoms with Crippen molar-refractivity contribution in [3.05, 3.63) is 60.2 Å². The minimum absolute atomic E-state index is 0.231. The van der Waals surface area contributed by atoms with Gasteiger partial charge in [0.15, 0.2) is 11.5 Å². The van der Waals surface area contributed by atoms with Crippen LogP contribution >= 0.6 is 0 Å². The van der Waals surface area contributed by atoms with E-state index in [9.17, 15) is 9.59 Å². The molecule has 2 rings (SSSR count). The molecule has 29 heavy (non-hydrogen) atoms. The van der Waals surface area contributed by atoms with E-state index < -0.39 is 6.04 Å². The number of amides is 2. The number of carbonyl (C=O) groups is 2. The van der Waals surface area contributed by atoms with Crippen LogP contribution in [0.2, 0.25) is 0 Å². The number of methoxy groups -OCH3 is 2. The highest BCUT2D eigenvalue weighted by Crippen LogP contribution is 2.31. The van der Waals surface area contributed by atoms with E-state index in [4.69, 9.17) is 9.47 Å². The topological polar surface area (TPSA) is 67.9 Å². The van der Waals surface area contributed by atoms with Gasteiger partial charge in [-0.15, -0.1) is 0 Å². The molecule has 0 aliphatic carbocycles. The summed E-state index contributed by atoms with van der Waals surface area (Å²) in [4.78, 5) is 27.0. The fourth-order valence-electron chi connectivity index (χ4n) is 2.95. The van der Waals surface area contributed by atoms with Gasteiger partial charge in [-0.05, 0) is 37.6 Å². The Morgan fingerprint density at radius 2 is 1.79 bits per heavy atom. The molecule has 0 fully saturated rings. The first kappa shape index (κ1) is 22.0. The molecule has 0 aliphatic heterocycles. The maximum Gasteiger partial charge on any atom is 0.247 e. The van der Waals surface area contributed by atoms with Crippen LogP contribution in [0.3, 0.4) is 0 Å². The lowest BCUT2D eigenvalue weighted by Crippen LogP contribution is -2.45. The summed E-state index contributed by atoms with van der Waals surface area (Å²) in [6.45, 7) is 4.17.